The van der Waals surface area contributed by atoms with Gasteiger partial charge in [0, 0.05) is 36.6 Å². The van der Waals surface area contributed by atoms with E-state index in [0.29, 0.717) is 42.1 Å². The van der Waals surface area contributed by atoms with E-state index >= 15 is 0 Å². The second-order valence-corrected chi connectivity index (χ2v) is 13.4. The van der Waals surface area contributed by atoms with Crippen LogP contribution in [0.4, 0.5) is 22.0 Å². The van der Waals surface area contributed by atoms with Crippen LogP contribution >= 0.6 is 0 Å². The molecule has 1 aliphatic heterocycles. The molecule has 0 radical (unpaired) electrons. The first-order chi connectivity index (χ1) is 20.5. The minimum Gasteiger partial charge on any atom is -0.465 e. The quantitative estimate of drug-likeness (QED) is 0.236. The molecule has 0 saturated carbocycles. The Morgan fingerprint density at radius 2 is 1.81 bits per heavy atom. The van der Waals surface area contributed by atoms with Crippen molar-refractivity contribution >= 4 is 49.8 Å². The summed E-state index contributed by atoms with van der Waals surface area (Å²) >= 11 is 0. The molecule has 4 N–H and O–H groups in total. The van der Waals surface area contributed by atoms with Crippen LogP contribution in [0.15, 0.2) is 83.9 Å². The van der Waals surface area contributed by atoms with E-state index in [1.54, 1.807) is 31.0 Å². The molecule has 5 rings (SSSR count). The molecule has 0 aliphatic carbocycles. The number of pyridine rings is 1. The summed E-state index contributed by atoms with van der Waals surface area (Å²) in [6.07, 6.45) is 1.66. The predicted molar refractivity (Wildman–Crippen MR) is 168 cm³/mol. The molecule has 224 valence electrons. The van der Waals surface area contributed by atoms with E-state index in [4.69, 9.17) is 5.73 Å². The van der Waals surface area contributed by atoms with Gasteiger partial charge in [0.1, 0.15) is 11.9 Å². The first-order valence-corrected chi connectivity index (χ1v) is 15.6. The van der Waals surface area contributed by atoms with Gasteiger partial charge in [-0.1, -0.05) is 30.3 Å². The van der Waals surface area contributed by atoms with Crippen LogP contribution in [0.3, 0.4) is 0 Å². The maximum atomic E-state index is 14.5. The highest BCUT2D eigenvalue weighted by molar-refractivity contribution is 7.92. The normalized spacial score (nSPS) is 15.9. The summed E-state index contributed by atoms with van der Waals surface area (Å²) in [5.74, 6) is 0.204. The van der Waals surface area contributed by atoms with Gasteiger partial charge in [0.05, 0.1) is 16.2 Å². The van der Waals surface area contributed by atoms with Crippen molar-refractivity contribution in [1.29, 1.82) is 0 Å². The average molecular weight is 602 g/mol. The van der Waals surface area contributed by atoms with Crippen molar-refractivity contribution in [3.8, 4) is 0 Å². The highest BCUT2D eigenvalue weighted by Crippen LogP contribution is 2.40. The molecule has 11 heteroatoms. The number of nitrogen functional groups attached to an aromatic ring is 1. The Balaban J connectivity index is 1.57. The molecular weight excluding hydrogens is 566 g/mol. The molecule has 43 heavy (non-hydrogen) atoms. The number of rotatable bonds is 8. The van der Waals surface area contributed by atoms with Crippen molar-refractivity contribution in [3.63, 3.8) is 0 Å². The number of benzene rings is 3. The van der Waals surface area contributed by atoms with E-state index in [-0.39, 0.29) is 10.8 Å². The first kappa shape index (κ1) is 29.8. The summed E-state index contributed by atoms with van der Waals surface area (Å²) in [5, 5.41) is 14.0. The van der Waals surface area contributed by atoms with Crippen LogP contribution in [-0.2, 0) is 14.6 Å². The van der Waals surface area contributed by atoms with Crippen LogP contribution in [0.2, 0.25) is 0 Å². The number of aromatic nitrogens is 1. The van der Waals surface area contributed by atoms with E-state index in [1.165, 1.54) is 19.2 Å². The molecule has 2 heterocycles. The van der Waals surface area contributed by atoms with Gasteiger partial charge in [-0.3, -0.25) is 9.69 Å². The number of carboxylic acid groups (broad SMARTS) is 1. The van der Waals surface area contributed by atoms with Crippen LogP contribution in [0.5, 0.6) is 0 Å². The number of fused-ring (bicyclic) bond motifs is 1. The summed E-state index contributed by atoms with van der Waals surface area (Å²) in [6, 6.07) is 20.0. The fourth-order valence-corrected chi connectivity index (χ4v) is 6.83. The van der Waals surface area contributed by atoms with E-state index in [9.17, 15) is 23.1 Å². The van der Waals surface area contributed by atoms with E-state index < -0.39 is 33.3 Å². The SMILES string of the molecule is CC(C)S(=O)(=O)c1ccc(N(C)C(=O)O)cc1[C@H]1CCCN1C(=O)[C@@H](Nc1ccc2c(N)nccc2c1)c1ccccc1. The molecule has 2 amide bonds. The third-order valence-electron chi connectivity index (χ3n) is 7.98. The number of hydrogen-bond donors (Lipinski definition) is 3. The standard InChI is InChI=1S/C32H35N5O5S/c1-20(2)43(41,42)28-14-12-24(36(3)32(39)40)19-26(28)27-10-7-17-37(27)31(38)29(21-8-5-4-6-9-21)35-23-11-13-25-22(18-23)15-16-34-30(25)33/h4-6,8-9,11-16,18-20,27,29,35H,7,10,17H2,1-3H3,(H2,33,34)(H,39,40)/t27-,29+/m1/s1. The van der Waals surface area contributed by atoms with Crippen molar-refractivity contribution in [2.45, 2.75) is 48.9 Å². The topological polar surface area (TPSA) is 146 Å². The largest absolute Gasteiger partial charge is 0.465 e. The number of amides is 2. The number of anilines is 3. The molecule has 10 nitrogen and oxygen atoms in total. The van der Waals surface area contributed by atoms with E-state index in [2.05, 4.69) is 10.3 Å². The Labute approximate surface area is 251 Å². The maximum Gasteiger partial charge on any atom is 0.411 e. The summed E-state index contributed by atoms with van der Waals surface area (Å²) in [7, 11) is -2.34. The zero-order valence-corrected chi connectivity index (χ0v) is 25.1. The molecule has 1 aromatic heterocycles. The highest BCUT2D eigenvalue weighted by atomic mass is 32.2. The van der Waals surface area contributed by atoms with Gasteiger partial charge in [-0.2, -0.15) is 0 Å². The van der Waals surface area contributed by atoms with Crippen LogP contribution < -0.4 is 16.0 Å². The predicted octanol–water partition coefficient (Wildman–Crippen LogP) is 5.63. The molecule has 1 aliphatic rings. The van der Waals surface area contributed by atoms with Crippen LogP contribution in [0.1, 0.15) is 49.9 Å². The van der Waals surface area contributed by atoms with Gasteiger partial charge in [0.2, 0.25) is 5.91 Å². The number of hydrogen-bond acceptors (Lipinski definition) is 7. The van der Waals surface area contributed by atoms with Crippen LogP contribution in [0, 0.1) is 0 Å². The van der Waals surface area contributed by atoms with Crippen LogP contribution in [0.25, 0.3) is 10.8 Å². The Hall–Kier alpha value is -4.64. The second-order valence-electron chi connectivity index (χ2n) is 11.0. The van der Waals surface area contributed by atoms with Crippen molar-refractivity contribution in [2.75, 3.05) is 29.5 Å². The lowest BCUT2D eigenvalue weighted by molar-refractivity contribution is -0.133. The van der Waals surface area contributed by atoms with Crippen molar-refractivity contribution in [3.05, 3.63) is 90.1 Å². The second kappa shape index (κ2) is 11.9. The zero-order valence-electron chi connectivity index (χ0n) is 24.3. The zero-order chi connectivity index (χ0) is 30.9. The monoisotopic (exact) mass is 601 g/mol. The number of sulfone groups is 1. The average Bonchev–Trinajstić information content (AvgIpc) is 3.49. The summed E-state index contributed by atoms with van der Waals surface area (Å²) in [6.45, 7) is 3.64. The minimum atomic E-state index is -3.74. The van der Waals surface area contributed by atoms with E-state index in [0.717, 1.165) is 21.2 Å². The van der Waals surface area contributed by atoms with Crippen LogP contribution in [-0.4, -0.2) is 54.3 Å². The summed E-state index contributed by atoms with van der Waals surface area (Å²) in [5.41, 5.74) is 8.25. The third-order valence-corrected chi connectivity index (χ3v) is 10.2. The molecule has 4 aromatic rings. The van der Waals surface area contributed by atoms with Gasteiger partial charge >= 0.3 is 6.09 Å². The highest BCUT2D eigenvalue weighted by Gasteiger charge is 2.38. The number of likely N-dealkylation sites (tertiary alicyclic amines) is 1. The molecule has 0 spiro atoms. The number of carbonyl (C=O) groups is 2. The van der Waals surface area contributed by atoms with Gasteiger partial charge in [0.25, 0.3) is 0 Å². The molecule has 3 aromatic carbocycles. The van der Waals surface area contributed by atoms with Crippen molar-refractivity contribution in [1.82, 2.24) is 9.88 Å². The molecule has 1 fully saturated rings. The Kier molecular flexibility index (Phi) is 8.27. The first-order valence-electron chi connectivity index (χ1n) is 14.1. The Morgan fingerprint density at radius 1 is 1.07 bits per heavy atom. The fourth-order valence-electron chi connectivity index (χ4n) is 5.54. The minimum absolute atomic E-state index is 0.111. The summed E-state index contributed by atoms with van der Waals surface area (Å²) in [4.78, 5) is 33.2. The lowest BCUT2D eigenvalue weighted by atomic mass is 10.0. The summed E-state index contributed by atoms with van der Waals surface area (Å²) < 4.78 is 26.9. The maximum absolute atomic E-state index is 14.5. The Morgan fingerprint density at radius 3 is 2.51 bits per heavy atom. The number of nitrogens with one attached hydrogen (secondary N) is 1. The molecular formula is C32H35N5O5S. The third kappa shape index (κ3) is 5.85. The lowest BCUT2D eigenvalue weighted by Crippen LogP contribution is -2.38. The molecule has 2 atom stereocenters. The van der Waals surface area contributed by atoms with E-state index in [1.807, 2.05) is 54.6 Å². The van der Waals surface area contributed by atoms with Crippen molar-refractivity contribution in [2.24, 2.45) is 0 Å². The fraction of sp³-hybridized carbons (Fsp3) is 0.281. The smallest absolute Gasteiger partial charge is 0.411 e. The molecule has 0 bridgehead atoms. The van der Waals surface area contributed by atoms with Gasteiger partial charge in [0.15, 0.2) is 9.84 Å². The van der Waals surface area contributed by atoms with Crippen molar-refractivity contribution < 1.29 is 23.1 Å². The van der Waals surface area contributed by atoms with Gasteiger partial charge in [-0.25, -0.2) is 18.2 Å². The number of nitrogens with zero attached hydrogens (tertiary/aromatic N) is 3. The number of nitrogens with two attached hydrogens (primary N) is 1. The molecule has 0 unspecified atom stereocenters. The van der Waals surface area contributed by atoms with Gasteiger partial charge in [-0.05, 0) is 85.7 Å². The lowest BCUT2D eigenvalue weighted by Gasteiger charge is -2.32. The Bertz CT molecular complexity index is 1780. The molecule has 1 saturated heterocycles. The van der Waals surface area contributed by atoms with Gasteiger partial charge < -0.3 is 21.1 Å². The van der Waals surface area contributed by atoms with Gasteiger partial charge in [-0.15, -0.1) is 0 Å². The number of carbonyl (C=O) groups excluding carboxylic acids is 1.